The zero-order valence-electron chi connectivity index (χ0n) is 16.0. The Morgan fingerprint density at radius 1 is 1.38 bits per heavy atom. The van der Waals surface area contributed by atoms with E-state index in [9.17, 15) is 4.79 Å². The Bertz CT molecular complexity index is 736. The summed E-state index contributed by atoms with van der Waals surface area (Å²) in [5.41, 5.74) is 1.68. The number of nitrogens with one attached hydrogen (secondary N) is 1. The fraction of sp³-hybridized carbons (Fsp3) is 0.600. The van der Waals surface area contributed by atoms with Gasteiger partial charge in [0, 0.05) is 31.8 Å². The van der Waals surface area contributed by atoms with Crippen molar-refractivity contribution in [2.24, 2.45) is 5.92 Å². The molecule has 6 heteroatoms. The molecule has 0 radical (unpaired) electrons. The quantitative estimate of drug-likeness (QED) is 0.741. The number of benzene rings is 1. The summed E-state index contributed by atoms with van der Waals surface area (Å²) in [6.07, 6.45) is 3.51. The highest BCUT2D eigenvalue weighted by Gasteiger charge is 2.19. The van der Waals surface area contributed by atoms with Gasteiger partial charge >= 0.3 is 0 Å². The number of anilines is 1. The first-order valence-corrected chi connectivity index (χ1v) is 10.4. The summed E-state index contributed by atoms with van der Waals surface area (Å²) in [6.45, 7) is 9.80. The van der Waals surface area contributed by atoms with Gasteiger partial charge in [-0.05, 0) is 57.2 Å². The average Bonchev–Trinajstić information content (AvgIpc) is 3.04. The summed E-state index contributed by atoms with van der Waals surface area (Å²) < 4.78 is 6.57. The molecule has 0 spiro atoms. The molecule has 3 rings (SSSR count). The molecule has 1 fully saturated rings. The molecular weight excluding hydrogens is 346 g/mol. The van der Waals surface area contributed by atoms with Gasteiger partial charge in [0.15, 0.2) is 5.13 Å². The maximum atomic E-state index is 12.4. The van der Waals surface area contributed by atoms with Crippen LogP contribution in [0.25, 0.3) is 10.2 Å². The first kappa shape index (κ1) is 19.1. The van der Waals surface area contributed by atoms with Crippen LogP contribution >= 0.6 is 11.3 Å². The Labute approximate surface area is 159 Å². The molecule has 5 nitrogen and oxygen atoms in total. The number of carbonyl (C=O) groups is 1. The van der Waals surface area contributed by atoms with E-state index in [1.54, 1.807) is 11.3 Å². The van der Waals surface area contributed by atoms with Gasteiger partial charge in [-0.3, -0.25) is 4.79 Å². The lowest BCUT2D eigenvalue weighted by Crippen LogP contribution is -2.32. The van der Waals surface area contributed by atoms with Gasteiger partial charge in [0.2, 0.25) is 0 Å². The fourth-order valence-corrected chi connectivity index (χ4v) is 4.14. The van der Waals surface area contributed by atoms with Crippen LogP contribution in [0.3, 0.4) is 0 Å². The lowest BCUT2D eigenvalue weighted by Gasteiger charge is -2.29. The Morgan fingerprint density at radius 2 is 2.15 bits per heavy atom. The van der Waals surface area contributed by atoms with Gasteiger partial charge in [-0.25, -0.2) is 4.98 Å². The minimum Gasteiger partial charge on any atom is -0.379 e. The molecule has 1 saturated heterocycles. The molecule has 1 aromatic carbocycles. The summed E-state index contributed by atoms with van der Waals surface area (Å²) in [6, 6.07) is 5.78. The number of thiazole rings is 1. The van der Waals surface area contributed by atoms with Crippen molar-refractivity contribution in [3.05, 3.63) is 23.8 Å². The smallest absolute Gasteiger partial charge is 0.251 e. The highest BCUT2D eigenvalue weighted by Crippen LogP contribution is 2.32. The van der Waals surface area contributed by atoms with E-state index < -0.39 is 0 Å². The summed E-state index contributed by atoms with van der Waals surface area (Å²) in [5.74, 6) is 0.778. The summed E-state index contributed by atoms with van der Waals surface area (Å²) in [7, 11) is 0. The Kier molecular flexibility index (Phi) is 6.48. The monoisotopic (exact) mass is 375 g/mol. The molecule has 0 aliphatic carbocycles. The van der Waals surface area contributed by atoms with Gasteiger partial charge in [-0.1, -0.05) is 18.3 Å². The molecule has 1 amide bonds. The van der Waals surface area contributed by atoms with Gasteiger partial charge in [-0.2, -0.15) is 0 Å². The standard InChI is InChI=1S/C20H29N3O2S/c1-14(2)25-12-4-9-21-19(24)16-5-6-17-18(13-16)26-20(22-17)23-10-7-15(3)8-11-23/h5-6,13-15H,4,7-12H2,1-3H3,(H,21,24). The van der Waals surface area contributed by atoms with E-state index in [4.69, 9.17) is 9.72 Å². The van der Waals surface area contributed by atoms with Crippen LogP contribution in [-0.4, -0.2) is 43.2 Å². The number of hydrogen-bond donors (Lipinski definition) is 1. The number of carbonyl (C=O) groups excluding carboxylic acids is 1. The minimum atomic E-state index is -0.0294. The van der Waals surface area contributed by atoms with E-state index >= 15 is 0 Å². The third-order valence-corrected chi connectivity index (χ3v) is 5.83. The molecule has 0 unspecified atom stereocenters. The van der Waals surface area contributed by atoms with Crippen molar-refractivity contribution in [3.8, 4) is 0 Å². The van der Waals surface area contributed by atoms with Crippen molar-refractivity contribution in [1.29, 1.82) is 0 Å². The highest BCUT2D eigenvalue weighted by atomic mass is 32.1. The van der Waals surface area contributed by atoms with Gasteiger partial charge in [0.25, 0.3) is 5.91 Å². The lowest BCUT2D eigenvalue weighted by molar-refractivity contribution is 0.0757. The lowest BCUT2D eigenvalue weighted by atomic mass is 10.00. The van der Waals surface area contributed by atoms with Crippen LogP contribution in [-0.2, 0) is 4.74 Å². The summed E-state index contributed by atoms with van der Waals surface area (Å²) in [5, 5.41) is 4.05. The number of piperidine rings is 1. The van der Waals surface area contributed by atoms with E-state index in [-0.39, 0.29) is 12.0 Å². The van der Waals surface area contributed by atoms with E-state index in [1.165, 1.54) is 12.8 Å². The van der Waals surface area contributed by atoms with Crippen LogP contribution in [0, 0.1) is 5.92 Å². The van der Waals surface area contributed by atoms with Gasteiger partial charge < -0.3 is 15.0 Å². The molecule has 142 valence electrons. The third-order valence-electron chi connectivity index (χ3n) is 4.75. The van der Waals surface area contributed by atoms with Crippen molar-refractivity contribution in [3.63, 3.8) is 0 Å². The fourth-order valence-electron chi connectivity index (χ4n) is 3.08. The minimum absolute atomic E-state index is 0.0294. The maximum absolute atomic E-state index is 12.4. The zero-order valence-corrected chi connectivity index (χ0v) is 16.8. The van der Waals surface area contributed by atoms with Crippen molar-refractivity contribution in [1.82, 2.24) is 10.3 Å². The molecule has 0 bridgehead atoms. The van der Waals surface area contributed by atoms with Gasteiger partial charge in [0.1, 0.15) is 0 Å². The Hall–Kier alpha value is -1.66. The highest BCUT2D eigenvalue weighted by molar-refractivity contribution is 7.22. The normalized spacial score (nSPS) is 15.8. The number of rotatable bonds is 7. The van der Waals surface area contributed by atoms with Crippen LogP contribution in [0.1, 0.15) is 50.4 Å². The van der Waals surface area contributed by atoms with Crippen molar-refractivity contribution in [2.45, 2.75) is 46.1 Å². The molecule has 1 aromatic heterocycles. The van der Waals surface area contributed by atoms with Crippen LogP contribution in [0.15, 0.2) is 18.2 Å². The maximum Gasteiger partial charge on any atom is 0.251 e. The second-order valence-electron chi connectivity index (χ2n) is 7.38. The van der Waals surface area contributed by atoms with Crippen molar-refractivity contribution < 1.29 is 9.53 Å². The molecular formula is C20H29N3O2S. The second kappa shape index (κ2) is 8.82. The molecule has 0 saturated carbocycles. The van der Waals surface area contributed by atoms with Crippen LogP contribution in [0.4, 0.5) is 5.13 Å². The number of hydrogen-bond acceptors (Lipinski definition) is 5. The second-order valence-corrected chi connectivity index (χ2v) is 8.39. The van der Waals surface area contributed by atoms with Crippen molar-refractivity contribution >= 4 is 32.6 Å². The zero-order chi connectivity index (χ0) is 18.5. The average molecular weight is 376 g/mol. The van der Waals surface area contributed by atoms with Crippen LogP contribution in [0.5, 0.6) is 0 Å². The van der Waals surface area contributed by atoms with E-state index in [0.29, 0.717) is 18.7 Å². The molecule has 1 aliphatic heterocycles. The molecule has 1 N–H and O–H groups in total. The topological polar surface area (TPSA) is 54.5 Å². The van der Waals surface area contributed by atoms with E-state index in [1.807, 2.05) is 32.0 Å². The largest absolute Gasteiger partial charge is 0.379 e. The van der Waals surface area contributed by atoms with Crippen LogP contribution < -0.4 is 10.2 Å². The predicted molar refractivity (Wildman–Crippen MR) is 108 cm³/mol. The predicted octanol–water partition coefficient (Wildman–Crippen LogP) is 4.08. The SMILES string of the molecule is CC1CCN(c2nc3ccc(C(=O)NCCCOC(C)C)cc3s2)CC1. The molecule has 26 heavy (non-hydrogen) atoms. The van der Waals surface area contributed by atoms with Crippen molar-refractivity contribution in [2.75, 3.05) is 31.1 Å². The number of fused-ring (bicyclic) bond motifs is 1. The summed E-state index contributed by atoms with van der Waals surface area (Å²) >= 11 is 1.69. The Balaban J connectivity index is 1.59. The molecule has 2 aromatic rings. The first-order valence-electron chi connectivity index (χ1n) is 9.58. The third kappa shape index (κ3) is 4.95. The summed E-state index contributed by atoms with van der Waals surface area (Å²) in [4.78, 5) is 19.5. The number of nitrogens with zero attached hydrogens (tertiary/aromatic N) is 2. The number of ether oxygens (including phenoxy) is 1. The van der Waals surface area contributed by atoms with E-state index in [2.05, 4.69) is 17.1 Å². The van der Waals surface area contributed by atoms with E-state index in [0.717, 1.165) is 40.8 Å². The molecule has 0 atom stereocenters. The molecule has 2 heterocycles. The molecule has 1 aliphatic rings. The van der Waals surface area contributed by atoms with Gasteiger partial charge in [-0.15, -0.1) is 0 Å². The number of aromatic nitrogens is 1. The Morgan fingerprint density at radius 3 is 2.88 bits per heavy atom. The number of amides is 1. The van der Waals surface area contributed by atoms with Crippen LogP contribution in [0.2, 0.25) is 0 Å². The van der Waals surface area contributed by atoms with Gasteiger partial charge in [0.05, 0.1) is 16.3 Å². The first-order chi connectivity index (χ1) is 12.5.